The van der Waals surface area contributed by atoms with Crippen LogP contribution < -0.4 is 9.47 Å². The number of aliphatic imine (C=N–C) groups is 1. The van der Waals surface area contributed by atoms with Gasteiger partial charge in [-0.2, -0.15) is 5.26 Å². The Kier molecular flexibility index (Phi) is 3.18. The quantitative estimate of drug-likeness (QED) is 0.873. The lowest BCUT2D eigenvalue weighted by molar-refractivity contribution is 0.112. The van der Waals surface area contributed by atoms with Crippen LogP contribution in [0.15, 0.2) is 41.5 Å². The Labute approximate surface area is 127 Å². The van der Waals surface area contributed by atoms with Crippen LogP contribution in [0.3, 0.4) is 0 Å². The molecule has 0 saturated carbocycles. The Hall–Kier alpha value is -3.07. The Morgan fingerprint density at radius 2 is 2.09 bits per heavy atom. The van der Waals surface area contributed by atoms with Crippen molar-refractivity contribution in [3.8, 4) is 23.4 Å². The van der Waals surface area contributed by atoms with E-state index in [0.29, 0.717) is 28.7 Å². The highest BCUT2D eigenvalue weighted by Gasteiger charge is 2.30. The molecule has 0 bridgehead atoms. The minimum atomic E-state index is -0.784. The molecule has 0 unspecified atom stereocenters. The van der Waals surface area contributed by atoms with Crippen LogP contribution in [0.2, 0.25) is 0 Å². The van der Waals surface area contributed by atoms with Crippen molar-refractivity contribution in [1.82, 2.24) is 4.98 Å². The van der Waals surface area contributed by atoms with Crippen LogP contribution in [0.4, 0.5) is 0 Å². The summed E-state index contributed by atoms with van der Waals surface area (Å²) in [5.41, 5.74) is 0.290. The van der Waals surface area contributed by atoms with Crippen molar-refractivity contribution >= 4 is 5.90 Å². The summed E-state index contributed by atoms with van der Waals surface area (Å²) in [7, 11) is 0. The second-order valence-corrected chi connectivity index (χ2v) is 5.25. The first-order valence-corrected chi connectivity index (χ1v) is 6.63. The van der Waals surface area contributed by atoms with Crippen molar-refractivity contribution in [2.24, 2.45) is 4.99 Å². The Balaban J connectivity index is 2.03. The number of hydrogen-bond donors (Lipinski definition) is 1. The van der Waals surface area contributed by atoms with E-state index in [2.05, 4.69) is 16.0 Å². The minimum absolute atomic E-state index is 0.0498. The largest absolute Gasteiger partial charge is 0.506 e. The second kappa shape index (κ2) is 5.04. The molecule has 2 aromatic rings. The van der Waals surface area contributed by atoms with Gasteiger partial charge in [0.2, 0.25) is 11.8 Å². The van der Waals surface area contributed by atoms with Gasteiger partial charge in [-0.05, 0) is 38.1 Å². The molecule has 0 spiro atoms. The van der Waals surface area contributed by atoms with E-state index in [1.165, 1.54) is 18.3 Å². The van der Waals surface area contributed by atoms with E-state index in [1.54, 1.807) is 18.2 Å². The van der Waals surface area contributed by atoms with Crippen LogP contribution in [-0.2, 0) is 0 Å². The fraction of sp³-hybridized carbons (Fsp3) is 0.188. The van der Waals surface area contributed by atoms with Crippen molar-refractivity contribution in [2.75, 3.05) is 0 Å². The molecule has 0 radical (unpaired) electrons. The number of nitriles is 1. The van der Waals surface area contributed by atoms with Gasteiger partial charge >= 0.3 is 0 Å². The van der Waals surface area contributed by atoms with Crippen LogP contribution in [0.25, 0.3) is 0 Å². The van der Waals surface area contributed by atoms with Gasteiger partial charge in [-0.1, -0.05) is 0 Å². The highest BCUT2D eigenvalue weighted by atomic mass is 16.5. The monoisotopic (exact) mass is 295 g/mol. The van der Waals surface area contributed by atoms with Crippen LogP contribution in [0.5, 0.6) is 17.4 Å². The van der Waals surface area contributed by atoms with E-state index >= 15 is 0 Å². The molecule has 0 atom stereocenters. The lowest BCUT2D eigenvalue weighted by atomic mass is 10.1. The van der Waals surface area contributed by atoms with Gasteiger partial charge in [0.25, 0.3) is 0 Å². The summed E-state index contributed by atoms with van der Waals surface area (Å²) in [6.07, 6.45) is 1.28. The van der Waals surface area contributed by atoms with Gasteiger partial charge in [-0.3, -0.25) is 0 Å². The van der Waals surface area contributed by atoms with Crippen molar-refractivity contribution < 1.29 is 14.6 Å². The zero-order chi connectivity index (χ0) is 15.7. The first-order valence-electron chi connectivity index (χ1n) is 6.63. The van der Waals surface area contributed by atoms with E-state index < -0.39 is 5.72 Å². The maximum absolute atomic E-state index is 9.27. The molecular weight excluding hydrogens is 282 g/mol. The Morgan fingerprint density at radius 1 is 1.27 bits per heavy atom. The second-order valence-electron chi connectivity index (χ2n) is 5.25. The third kappa shape index (κ3) is 2.69. The molecule has 0 aliphatic carbocycles. The fourth-order valence-electron chi connectivity index (χ4n) is 2.06. The molecule has 0 fully saturated rings. The molecule has 0 saturated heterocycles. The summed E-state index contributed by atoms with van der Waals surface area (Å²) in [6.45, 7) is 3.61. The normalized spacial score (nSPS) is 15.0. The van der Waals surface area contributed by atoms with Crippen molar-refractivity contribution in [2.45, 2.75) is 19.6 Å². The summed E-state index contributed by atoms with van der Waals surface area (Å²) in [5.74, 6) is 1.26. The zero-order valence-electron chi connectivity index (χ0n) is 12.1. The van der Waals surface area contributed by atoms with E-state index in [9.17, 15) is 5.11 Å². The maximum Gasteiger partial charge on any atom is 0.231 e. The van der Waals surface area contributed by atoms with Crippen molar-refractivity contribution in [1.29, 1.82) is 5.26 Å². The predicted molar refractivity (Wildman–Crippen MR) is 78.9 cm³/mol. The first-order chi connectivity index (χ1) is 10.5. The number of rotatable bonds is 1. The zero-order valence-corrected chi connectivity index (χ0v) is 12.1. The number of hydrogen-bond acceptors (Lipinski definition) is 6. The SMILES string of the molecule is CC1(C)N=C(Oc2ccc(O)cn2)c2cc(C#N)ccc2O1. The van der Waals surface area contributed by atoms with Crippen molar-refractivity contribution in [3.05, 3.63) is 47.7 Å². The molecule has 1 N–H and O–H groups in total. The predicted octanol–water partition coefficient (Wildman–Crippen LogP) is 2.61. The van der Waals surface area contributed by atoms with E-state index in [0.717, 1.165) is 0 Å². The Bertz CT molecular complexity index is 789. The fourth-order valence-corrected chi connectivity index (χ4v) is 2.06. The molecular formula is C16H13N3O3. The van der Waals surface area contributed by atoms with Crippen LogP contribution in [-0.4, -0.2) is 21.7 Å². The molecule has 1 aromatic carbocycles. The molecule has 2 heterocycles. The molecule has 3 rings (SSSR count). The molecule has 110 valence electrons. The number of aromatic hydroxyl groups is 1. The number of nitrogens with zero attached hydrogens (tertiary/aromatic N) is 3. The molecule has 6 heteroatoms. The van der Waals surface area contributed by atoms with Gasteiger partial charge in [0.15, 0.2) is 5.72 Å². The number of aromatic nitrogens is 1. The molecule has 0 amide bonds. The van der Waals surface area contributed by atoms with Gasteiger partial charge in [0.1, 0.15) is 11.5 Å². The smallest absolute Gasteiger partial charge is 0.231 e. The summed E-state index contributed by atoms with van der Waals surface area (Å²) in [6, 6.07) is 10.1. The highest BCUT2D eigenvalue weighted by Crippen LogP contribution is 2.31. The first kappa shape index (κ1) is 13.9. The summed E-state index contributed by atoms with van der Waals surface area (Å²) in [5, 5.41) is 18.3. The summed E-state index contributed by atoms with van der Waals surface area (Å²) >= 11 is 0. The van der Waals surface area contributed by atoms with E-state index in [4.69, 9.17) is 14.7 Å². The van der Waals surface area contributed by atoms with Gasteiger partial charge in [0, 0.05) is 6.07 Å². The molecule has 1 aliphatic rings. The number of fused-ring (bicyclic) bond motifs is 1. The molecule has 1 aliphatic heterocycles. The highest BCUT2D eigenvalue weighted by molar-refractivity contribution is 5.99. The summed E-state index contributed by atoms with van der Waals surface area (Å²) < 4.78 is 11.5. The minimum Gasteiger partial charge on any atom is -0.506 e. The third-order valence-corrected chi connectivity index (χ3v) is 2.99. The summed E-state index contributed by atoms with van der Waals surface area (Å²) in [4.78, 5) is 8.39. The number of ether oxygens (including phenoxy) is 2. The van der Waals surface area contributed by atoms with Gasteiger partial charge in [-0.25, -0.2) is 9.98 Å². The average molecular weight is 295 g/mol. The lowest BCUT2D eigenvalue weighted by Crippen LogP contribution is -2.34. The molecule has 1 aromatic heterocycles. The maximum atomic E-state index is 9.27. The van der Waals surface area contributed by atoms with Gasteiger partial charge in [0.05, 0.1) is 23.4 Å². The van der Waals surface area contributed by atoms with Crippen LogP contribution in [0, 0.1) is 11.3 Å². The van der Waals surface area contributed by atoms with Gasteiger partial charge < -0.3 is 14.6 Å². The standard InChI is InChI=1S/C16H13N3O3/c1-16(2)19-15(21-14-6-4-11(20)9-18-14)12-7-10(8-17)3-5-13(12)22-16/h3-7,9,20H,1-2H3. The van der Waals surface area contributed by atoms with Crippen LogP contribution in [0.1, 0.15) is 25.0 Å². The van der Waals surface area contributed by atoms with Gasteiger partial charge in [-0.15, -0.1) is 0 Å². The molecule has 22 heavy (non-hydrogen) atoms. The third-order valence-electron chi connectivity index (χ3n) is 2.99. The molecule has 6 nitrogen and oxygen atoms in total. The average Bonchev–Trinajstić information content (AvgIpc) is 2.48. The van der Waals surface area contributed by atoms with Crippen LogP contribution >= 0.6 is 0 Å². The lowest BCUT2D eigenvalue weighted by Gasteiger charge is -2.29. The number of pyridine rings is 1. The van der Waals surface area contributed by atoms with E-state index in [1.807, 2.05) is 13.8 Å². The topological polar surface area (TPSA) is 87.7 Å². The van der Waals surface area contributed by atoms with Crippen molar-refractivity contribution in [3.63, 3.8) is 0 Å². The van der Waals surface area contributed by atoms with E-state index in [-0.39, 0.29) is 5.75 Å². The number of benzene rings is 1. The Morgan fingerprint density at radius 3 is 2.77 bits per heavy atom.